The normalized spacial score (nSPS) is 11.0. The number of fused-ring (bicyclic) bond motifs is 5. The average Bonchev–Trinajstić information content (AvgIpc) is 3.77. The van der Waals surface area contributed by atoms with Crippen LogP contribution in [0.25, 0.3) is 63.6 Å². The van der Waals surface area contributed by atoms with Gasteiger partial charge in [0.1, 0.15) is 0 Å². The first-order chi connectivity index (χ1) is 22.2. The topological polar surface area (TPSA) is 34.1 Å². The highest BCUT2D eigenvalue weighted by Gasteiger charge is 2.16. The molecule has 0 atom stereocenters. The van der Waals surface area contributed by atoms with Gasteiger partial charge in [0, 0.05) is 20.2 Å². The van der Waals surface area contributed by atoms with Gasteiger partial charge in [-0.3, -0.25) is 0 Å². The predicted octanol–water partition coefficient (Wildman–Crippen LogP) is 11.6. The van der Waals surface area contributed by atoms with E-state index < -0.39 is 10.7 Å². The second-order valence-corrected chi connectivity index (χ2v) is 13.4. The van der Waals surface area contributed by atoms with Crippen molar-refractivity contribution in [2.75, 3.05) is 0 Å². The highest BCUT2D eigenvalue weighted by Crippen LogP contribution is 2.40. The zero-order chi connectivity index (χ0) is 30.6. The summed E-state index contributed by atoms with van der Waals surface area (Å²) in [6.07, 6.45) is 0. The Bertz CT molecular complexity index is 2310. The van der Waals surface area contributed by atoms with Crippen molar-refractivity contribution in [2.24, 2.45) is 0 Å². The van der Waals surface area contributed by atoms with Crippen molar-refractivity contribution in [3.63, 3.8) is 0 Å². The van der Waals surface area contributed by atoms with Gasteiger partial charge in [-0.05, 0) is 84.5 Å². The van der Waals surface area contributed by atoms with E-state index in [0.29, 0.717) is 4.90 Å². The van der Waals surface area contributed by atoms with Gasteiger partial charge in [-0.25, -0.2) is 8.42 Å². The lowest BCUT2D eigenvalue weighted by molar-refractivity contribution is 0.616. The fourth-order valence-corrected chi connectivity index (χ4v) is 8.13. The number of rotatable bonds is 2. The molecule has 45 heavy (non-hydrogen) atoms. The highest BCUT2D eigenvalue weighted by atomic mass is 32.2. The maximum absolute atomic E-state index is 12.1. The Labute approximate surface area is 271 Å². The lowest BCUT2D eigenvalue weighted by atomic mass is 9.91. The molecule has 0 bridgehead atoms. The number of hydrogen-bond acceptors (Lipinski definition) is 4. The van der Waals surface area contributed by atoms with E-state index >= 15 is 0 Å². The standard InChI is InChI=1S/C24H16O2S.2C8H6S/c25-27(26)24-21-11-5-3-9-19(21)23(20-10-4-6-12-22(20)24)18-14-13-16-7-1-2-8-17(16)15-18;2*1-2-4-8-7(3-1)5-6-9-8/h1-15,27H;2*1-6H. The van der Waals surface area contributed by atoms with Crippen LogP contribution in [0.2, 0.25) is 0 Å². The van der Waals surface area contributed by atoms with Gasteiger partial charge in [-0.2, -0.15) is 0 Å². The first-order valence-corrected chi connectivity index (χ1v) is 17.5. The highest BCUT2D eigenvalue weighted by molar-refractivity contribution is 7.73. The van der Waals surface area contributed by atoms with E-state index in [1.165, 1.54) is 30.9 Å². The van der Waals surface area contributed by atoms with Crippen LogP contribution in [0.5, 0.6) is 0 Å². The summed E-state index contributed by atoms with van der Waals surface area (Å²) in [6, 6.07) is 51.3. The largest absolute Gasteiger partial charge is 0.227 e. The van der Waals surface area contributed by atoms with Crippen molar-refractivity contribution < 1.29 is 8.42 Å². The summed E-state index contributed by atoms with van der Waals surface area (Å²) in [5.74, 6) is 0. The molecule has 5 heteroatoms. The minimum Gasteiger partial charge on any atom is -0.227 e. The molecule has 7 aromatic carbocycles. The molecule has 0 amide bonds. The van der Waals surface area contributed by atoms with Crippen LogP contribution in [-0.2, 0) is 10.7 Å². The second-order valence-electron chi connectivity index (χ2n) is 10.6. The minimum atomic E-state index is -2.70. The number of thiophene rings is 2. The first-order valence-electron chi connectivity index (χ1n) is 14.6. The molecule has 0 spiro atoms. The molecule has 0 saturated heterocycles. The quantitative estimate of drug-likeness (QED) is 0.151. The average molecular weight is 637 g/mol. The molecule has 2 aromatic heterocycles. The van der Waals surface area contributed by atoms with Crippen molar-refractivity contribution in [1.29, 1.82) is 0 Å². The van der Waals surface area contributed by atoms with E-state index in [2.05, 4.69) is 102 Å². The summed E-state index contributed by atoms with van der Waals surface area (Å²) >= 11 is 3.57. The van der Waals surface area contributed by atoms with Gasteiger partial charge in [0.05, 0.1) is 4.90 Å². The molecular formula is C40H28O2S3. The van der Waals surface area contributed by atoms with Crippen molar-refractivity contribution in [3.8, 4) is 11.1 Å². The summed E-state index contributed by atoms with van der Waals surface area (Å²) in [7, 11) is -2.70. The Morgan fingerprint density at radius 3 is 1.36 bits per heavy atom. The van der Waals surface area contributed by atoms with Gasteiger partial charge in [-0.1, -0.05) is 121 Å². The van der Waals surface area contributed by atoms with E-state index in [1.807, 2.05) is 60.7 Å². The Kier molecular flexibility index (Phi) is 8.39. The van der Waals surface area contributed by atoms with Crippen LogP contribution in [-0.4, -0.2) is 8.42 Å². The molecule has 9 aromatic rings. The molecule has 2 nitrogen and oxygen atoms in total. The second kappa shape index (κ2) is 13.0. The fourth-order valence-electron chi connectivity index (χ4n) is 5.77. The number of thiol groups is 1. The molecule has 0 aliphatic carbocycles. The Balaban J connectivity index is 0.000000145. The van der Waals surface area contributed by atoms with Crippen LogP contribution >= 0.6 is 22.7 Å². The summed E-state index contributed by atoms with van der Waals surface area (Å²) < 4.78 is 26.9. The monoisotopic (exact) mass is 636 g/mol. The Morgan fingerprint density at radius 1 is 0.400 bits per heavy atom. The Morgan fingerprint density at radius 2 is 0.844 bits per heavy atom. The van der Waals surface area contributed by atoms with Crippen LogP contribution in [0, 0.1) is 0 Å². The van der Waals surface area contributed by atoms with Crippen LogP contribution in [0.15, 0.2) is 167 Å². The summed E-state index contributed by atoms with van der Waals surface area (Å²) in [5, 5.41) is 12.8. The van der Waals surface area contributed by atoms with Crippen molar-refractivity contribution >= 4 is 85.9 Å². The fraction of sp³-hybridized carbons (Fsp3) is 0. The Hall–Kier alpha value is -4.81. The third-order valence-corrected chi connectivity index (χ3v) is 10.5. The van der Waals surface area contributed by atoms with Gasteiger partial charge >= 0.3 is 0 Å². The van der Waals surface area contributed by atoms with Crippen molar-refractivity contribution in [1.82, 2.24) is 0 Å². The maximum atomic E-state index is 12.1. The van der Waals surface area contributed by atoms with Gasteiger partial charge < -0.3 is 0 Å². The molecule has 0 N–H and O–H groups in total. The minimum absolute atomic E-state index is 0.403. The van der Waals surface area contributed by atoms with Gasteiger partial charge in [0.25, 0.3) is 0 Å². The number of benzene rings is 7. The van der Waals surface area contributed by atoms with Gasteiger partial charge in [0.15, 0.2) is 10.7 Å². The maximum Gasteiger partial charge on any atom is 0.169 e. The van der Waals surface area contributed by atoms with Crippen LogP contribution in [0.4, 0.5) is 0 Å². The molecule has 0 saturated carbocycles. The molecule has 0 aliphatic heterocycles. The molecule has 0 unspecified atom stereocenters. The predicted molar refractivity (Wildman–Crippen MR) is 197 cm³/mol. The lowest BCUT2D eigenvalue weighted by Gasteiger charge is -2.15. The molecule has 2 heterocycles. The molecule has 9 rings (SSSR count). The molecular weight excluding hydrogens is 609 g/mol. The van der Waals surface area contributed by atoms with E-state index in [4.69, 9.17) is 0 Å². The van der Waals surface area contributed by atoms with E-state index in [1.54, 1.807) is 22.7 Å². The SMILES string of the molecule is O=[SH](=O)c1c2ccccc2c(-c2ccc3ccccc3c2)c2ccccc12.c1ccc2sccc2c1.c1ccc2sccc2c1. The molecule has 0 fully saturated rings. The third-order valence-electron chi connectivity index (χ3n) is 7.85. The van der Waals surface area contributed by atoms with E-state index in [0.717, 1.165) is 32.7 Å². The first kappa shape index (κ1) is 28.9. The van der Waals surface area contributed by atoms with Crippen molar-refractivity contribution in [3.05, 3.63) is 162 Å². The summed E-state index contributed by atoms with van der Waals surface area (Å²) in [6.45, 7) is 0. The lowest BCUT2D eigenvalue weighted by Crippen LogP contribution is -1.92. The van der Waals surface area contributed by atoms with E-state index in [9.17, 15) is 8.42 Å². The molecule has 0 aliphatic rings. The summed E-state index contributed by atoms with van der Waals surface area (Å²) in [4.78, 5) is 0.403. The van der Waals surface area contributed by atoms with Gasteiger partial charge in [0.2, 0.25) is 0 Å². The van der Waals surface area contributed by atoms with E-state index in [-0.39, 0.29) is 0 Å². The van der Waals surface area contributed by atoms with Crippen LogP contribution in [0.3, 0.4) is 0 Å². The zero-order valence-electron chi connectivity index (χ0n) is 24.2. The molecule has 218 valence electrons. The van der Waals surface area contributed by atoms with Crippen LogP contribution < -0.4 is 0 Å². The molecule has 0 radical (unpaired) electrons. The third kappa shape index (κ3) is 5.98. The van der Waals surface area contributed by atoms with Crippen LogP contribution in [0.1, 0.15) is 0 Å². The summed E-state index contributed by atoms with van der Waals surface area (Å²) in [5.41, 5.74) is 2.17. The smallest absolute Gasteiger partial charge is 0.169 e. The van der Waals surface area contributed by atoms with Crippen molar-refractivity contribution in [2.45, 2.75) is 4.90 Å². The zero-order valence-corrected chi connectivity index (χ0v) is 26.7. The van der Waals surface area contributed by atoms with Gasteiger partial charge in [-0.15, -0.1) is 22.7 Å². The number of hydrogen-bond donors (Lipinski definition) is 1.